The Hall–Kier alpha value is -1.52. The second-order valence-corrected chi connectivity index (χ2v) is 3.57. The van der Waals surface area contributed by atoms with E-state index in [0.29, 0.717) is 5.82 Å². The summed E-state index contributed by atoms with van der Waals surface area (Å²) in [6.45, 7) is 3.48. The van der Waals surface area contributed by atoms with Gasteiger partial charge in [-0.2, -0.15) is 5.10 Å². The highest BCUT2D eigenvalue weighted by Gasteiger charge is 2.30. The lowest BCUT2D eigenvalue weighted by molar-refractivity contribution is -0.122. The summed E-state index contributed by atoms with van der Waals surface area (Å²) in [6.07, 6.45) is 0. The maximum absolute atomic E-state index is 11.1. The molecule has 1 rings (SSSR count). The Morgan fingerprint density at radius 2 is 2.15 bits per heavy atom. The lowest BCUT2D eigenvalue weighted by Gasteiger charge is -2.19. The Labute approximate surface area is 76.7 Å². The smallest absolute Gasteiger partial charge is 0.229 e. The maximum atomic E-state index is 11.1. The van der Waals surface area contributed by atoms with Crippen molar-refractivity contribution in [2.45, 2.75) is 19.3 Å². The molecule has 1 aromatic rings. The monoisotopic (exact) mass is 182 g/mol. The summed E-state index contributed by atoms with van der Waals surface area (Å²) in [5.41, 5.74) is 10.7. The van der Waals surface area contributed by atoms with E-state index in [-0.39, 0.29) is 0 Å². The number of nitrogens with two attached hydrogens (primary N) is 2. The van der Waals surface area contributed by atoms with E-state index in [0.717, 1.165) is 5.69 Å². The summed E-state index contributed by atoms with van der Waals surface area (Å²) in [5, 5.41) is 3.95. The summed E-state index contributed by atoms with van der Waals surface area (Å²) >= 11 is 0. The van der Waals surface area contributed by atoms with Gasteiger partial charge in [0, 0.05) is 13.1 Å². The third kappa shape index (κ3) is 1.49. The molecule has 13 heavy (non-hydrogen) atoms. The zero-order valence-electron chi connectivity index (χ0n) is 8.03. The van der Waals surface area contributed by atoms with Crippen LogP contribution in [0.4, 0.5) is 5.82 Å². The van der Waals surface area contributed by atoms with Crippen LogP contribution in [0.1, 0.15) is 19.5 Å². The maximum Gasteiger partial charge on any atom is 0.229 e. The molecule has 0 saturated carbocycles. The average molecular weight is 182 g/mol. The predicted molar refractivity (Wildman–Crippen MR) is 49.8 cm³/mol. The van der Waals surface area contributed by atoms with Gasteiger partial charge in [-0.15, -0.1) is 0 Å². The van der Waals surface area contributed by atoms with Gasteiger partial charge in [0.2, 0.25) is 5.91 Å². The minimum atomic E-state index is -0.737. The fourth-order valence-corrected chi connectivity index (χ4v) is 1.20. The largest absolute Gasteiger partial charge is 0.382 e. The zero-order chi connectivity index (χ0) is 10.2. The molecule has 0 atom stereocenters. The van der Waals surface area contributed by atoms with Crippen molar-refractivity contribution < 1.29 is 4.79 Å². The Morgan fingerprint density at radius 3 is 2.46 bits per heavy atom. The van der Waals surface area contributed by atoms with E-state index in [2.05, 4.69) is 5.10 Å². The Balaban J connectivity index is 3.21. The van der Waals surface area contributed by atoms with Crippen LogP contribution in [0.5, 0.6) is 0 Å². The molecule has 1 amide bonds. The first-order valence-corrected chi connectivity index (χ1v) is 3.95. The third-order valence-electron chi connectivity index (χ3n) is 2.16. The van der Waals surface area contributed by atoms with Crippen molar-refractivity contribution in [3.05, 3.63) is 11.8 Å². The highest BCUT2D eigenvalue weighted by Crippen LogP contribution is 2.23. The molecule has 0 saturated heterocycles. The predicted octanol–water partition coefficient (Wildman–Crippen LogP) is -0.235. The van der Waals surface area contributed by atoms with E-state index in [1.54, 1.807) is 31.6 Å². The molecule has 0 aliphatic carbocycles. The summed E-state index contributed by atoms with van der Waals surface area (Å²) in [7, 11) is 1.73. The average Bonchev–Trinajstić information content (AvgIpc) is 2.30. The van der Waals surface area contributed by atoms with Crippen molar-refractivity contribution >= 4 is 11.7 Å². The first kappa shape index (κ1) is 9.57. The molecule has 5 heteroatoms. The van der Waals surface area contributed by atoms with E-state index in [1.165, 1.54) is 0 Å². The van der Waals surface area contributed by atoms with E-state index < -0.39 is 11.3 Å². The first-order valence-electron chi connectivity index (χ1n) is 3.95. The van der Waals surface area contributed by atoms with Gasteiger partial charge in [0.05, 0.1) is 11.1 Å². The summed E-state index contributed by atoms with van der Waals surface area (Å²) in [4.78, 5) is 11.1. The lowest BCUT2D eigenvalue weighted by atomic mass is 9.88. The molecule has 1 heterocycles. The van der Waals surface area contributed by atoms with Crippen LogP contribution in [0.2, 0.25) is 0 Å². The normalized spacial score (nSPS) is 11.6. The molecule has 1 aromatic heterocycles. The SMILES string of the molecule is Cn1nc(N)cc1C(C)(C)C(N)=O. The molecule has 5 nitrogen and oxygen atoms in total. The molecule has 72 valence electrons. The number of anilines is 1. The zero-order valence-corrected chi connectivity index (χ0v) is 8.03. The molecule has 0 radical (unpaired) electrons. The molecule has 4 N–H and O–H groups in total. The first-order chi connectivity index (χ1) is 5.85. The van der Waals surface area contributed by atoms with E-state index in [4.69, 9.17) is 11.5 Å². The number of hydrogen-bond acceptors (Lipinski definition) is 3. The number of nitrogen functional groups attached to an aromatic ring is 1. The molecule has 0 fully saturated rings. The number of rotatable bonds is 2. The molecule has 0 unspecified atom stereocenters. The topological polar surface area (TPSA) is 86.9 Å². The van der Waals surface area contributed by atoms with Crippen LogP contribution in [0.15, 0.2) is 6.07 Å². The Kier molecular flexibility index (Phi) is 2.03. The van der Waals surface area contributed by atoms with Crippen LogP contribution in [0.25, 0.3) is 0 Å². The van der Waals surface area contributed by atoms with Crippen LogP contribution >= 0.6 is 0 Å². The van der Waals surface area contributed by atoms with Crippen LogP contribution in [0.3, 0.4) is 0 Å². The van der Waals surface area contributed by atoms with Crippen LogP contribution in [-0.2, 0) is 17.3 Å². The van der Waals surface area contributed by atoms with E-state index >= 15 is 0 Å². The number of carbonyl (C=O) groups is 1. The van der Waals surface area contributed by atoms with Gasteiger partial charge in [-0.1, -0.05) is 0 Å². The van der Waals surface area contributed by atoms with Gasteiger partial charge >= 0.3 is 0 Å². The molecular formula is C8H14N4O. The van der Waals surface area contributed by atoms with Crippen molar-refractivity contribution in [2.24, 2.45) is 12.8 Å². The Bertz CT molecular complexity index is 340. The minimum Gasteiger partial charge on any atom is -0.382 e. The molecule has 0 aliphatic heterocycles. The van der Waals surface area contributed by atoms with Gasteiger partial charge in [0.15, 0.2) is 0 Å². The third-order valence-corrected chi connectivity index (χ3v) is 2.16. The fourth-order valence-electron chi connectivity index (χ4n) is 1.20. The summed E-state index contributed by atoms with van der Waals surface area (Å²) in [5.74, 6) is 0.00215. The second-order valence-electron chi connectivity index (χ2n) is 3.57. The van der Waals surface area contributed by atoms with Gasteiger partial charge in [-0.25, -0.2) is 0 Å². The fraction of sp³-hybridized carbons (Fsp3) is 0.500. The van der Waals surface area contributed by atoms with Crippen LogP contribution < -0.4 is 11.5 Å². The summed E-state index contributed by atoms with van der Waals surface area (Å²) in [6, 6.07) is 1.66. The summed E-state index contributed by atoms with van der Waals surface area (Å²) < 4.78 is 1.57. The number of aryl methyl sites for hydroxylation is 1. The van der Waals surface area contributed by atoms with Gasteiger partial charge in [0.1, 0.15) is 5.82 Å². The van der Waals surface area contributed by atoms with Crippen LogP contribution in [-0.4, -0.2) is 15.7 Å². The molecule has 0 aromatic carbocycles. The molecule has 0 aliphatic rings. The Morgan fingerprint density at radius 1 is 1.62 bits per heavy atom. The number of nitrogens with zero attached hydrogens (tertiary/aromatic N) is 2. The van der Waals surface area contributed by atoms with Gasteiger partial charge in [-0.05, 0) is 13.8 Å². The molecule has 0 bridgehead atoms. The van der Waals surface area contributed by atoms with E-state index in [1.807, 2.05) is 0 Å². The number of carbonyl (C=O) groups excluding carboxylic acids is 1. The quantitative estimate of drug-likeness (QED) is 0.662. The van der Waals surface area contributed by atoms with Crippen molar-refractivity contribution in [3.63, 3.8) is 0 Å². The standard InChI is InChI=1S/C8H14N4O/c1-8(2,7(10)13)5-4-6(9)11-12(5)3/h4H,1-3H3,(H2,9,11)(H2,10,13). The number of amides is 1. The highest BCUT2D eigenvalue weighted by molar-refractivity contribution is 5.85. The number of hydrogen-bond donors (Lipinski definition) is 2. The van der Waals surface area contributed by atoms with Gasteiger partial charge < -0.3 is 11.5 Å². The number of primary amides is 1. The van der Waals surface area contributed by atoms with Gasteiger partial charge in [0.25, 0.3) is 0 Å². The van der Waals surface area contributed by atoms with Crippen molar-refractivity contribution in [1.82, 2.24) is 9.78 Å². The second kappa shape index (κ2) is 2.76. The number of aromatic nitrogens is 2. The molecule has 0 spiro atoms. The van der Waals surface area contributed by atoms with E-state index in [9.17, 15) is 4.79 Å². The molecular weight excluding hydrogens is 168 g/mol. The lowest BCUT2D eigenvalue weighted by Crippen LogP contribution is -2.37. The van der Waals surface area contributed by atoms with Crippen molar-refractivity contribution in [3.8, 4) is 0 Å². The van der Waals surface area contributed by atoms with Gasteiger partial charge in [-0.3, -0.25) is 9.48 Å². The highest BCUT2D eigenvalue weighted by atomic mass is 16.1. The van der Waals surface area contributed by atoms with Crippen molar-refractivity contribution in [1.29, 1.82) is 0 Å². The van der Waals surface area contributed by atoms with Crippen molar-refractivity contribution in [2.75, 3.05) is 5.73 Å². The van der Waals surface area contributed by atoms with Crippen LogP contribution in [0, 0.1) is 0 Å². The minimum absolute atomic E-state index is 0.393.